The molecule has 0 aliphatic rings. The van der Waals surface area contributed by atoms with Crippen LogP contribution in [0.15, 0.2) is 47.0 Å². The van der Waals surface area contributed by atoms with Crippen molar-refractivity contribution in [1.82, 2.24) is 10.1 Å². The molecule has 0 spiro atoms. The SMILES string of the molecule is Nc1cc(Cl)cc(-c2nc(Cc3cccc(F)c3)no2)c1. The number of benzene rings is 2. The number of nitrogens with two attached hydrogens (primary N) is 1. The van der Waals surface area contributed by atoms with Crippen LogP contribution in [0.4, 0.5) is 10.1 Å². The average molecular weight is 304 g/mol. The number of rotatable bonds is 3. The molecule has 0 saturated carbocycles. The summed E-state index contributed by atoms with van der Waals surface area (Å²) < 4.78 is 18.3. The van der Waals surface area contributed by atoms with E-state index in [0.29, 0.717) is 34.4 Å². The van der Waals surface area contributed by atoms with Crippen LogP contribution in [-0.4, -0.2) is 10.1 Å². The molecular formula is C15H11ClFN3O. The zero-order chi connectivity index (χ0) is 14.8. The first-order valence-electron chi connectivity index (χ1n) is 6.23. The molecule has 21 heavy (non-hydrogen) atoms. The molecule has 6 heteroatoms. The second-order valence-corrected chi connectivity index (χ2v) is 5.03. The summed E-state index contributed by atoms with van der Waals surface area (Å²) in [6, 6.07) is 11.3. The molecule has 0 atom stereocenters. The Kier molecular flexibility index (Phi) is 3.58. The van der Waals surface area contributed by atoms with Crippen LogP contribution in [0, 0.1) is 5.82 Å². The van der Waals surface area contributed by atoms with E-state index in [9.17, 15) is 4.39 Å². The van der Waals surface area contributed by atoms with E-state index in [0.717, 1.165) is 5.56 Å². The van der Waals surface area contributed by atoms with Crippen LogP contribution < -0.4 is 5.73 Å². The Hall–Kier alpha value is -2.40. The van der Waals surface area contributed by atoms with Gasteiger partial charge in [0.25, 0.3) is 5.89 Å². The van der Waals surface area contributed by atoms with Gasteiger partial charge in [-0.05, 0) is 35.9 Å². The number of hydrogen-bond donors (Lipinski definition) is 1. The fourth-order valence-electron chi connectivity index (χ4n) is 2.01. The van der Waals surface area contributed by atoms with E-state index in [1.54, 1.807) is 30.3 Å². The quantitative estimate of drug-likeness (QED) is 0.749. The zero-order valence-electron chi connectivity index (χ0n) is 10.9. The van der Waals surface area contributed by atoms with Crippen molar-refractivity contribution < 1.29 is 8.91 Å². The fourth-order valence-corrected chi connectivity index (χ4v) is 2.25. The van der Waals surface area contributed by atoms with Crippen LogP contribution in [0.1, 0.15) is 11.4 Å². The Morgan fingerprint density at radius 2 is 2.05 bits per heavy atom. The highest BCUT2D eigenvalue weighted by Crippen LogP contribution is 2.25. The van der Waals surface area contributed by atoms with Crippen LogP contribution in [0.5, 0.6) is 0 Å². The monoisotopic (exact) mass is 303 g/mol. The summed E-state index contributed by atoms with van der Waals surface area (Å²) in [5, 5.41) is 4.38. The topological polar surface area (TPSA) is 64.9 Å². The van der Waals surface area contributed by atoms with E-state index in [-0.39, 0.29) is 5.82 Å². The van der Waals surface area contributed by atoms with Gasteiger partial charge in [0.2, 0.25) is 0 Å². The predicted octanol–water partition coefficient (Wildman–Crippen LogP) is 3.70. The smallest absolute Gasteiger partial charge is 0.258 e. The number of aromatic nitrogens is 2. The number of halogens is 2. The molecule has 1 heterocycles. The summed E-state index contributed by atoms with van der Waals surface area (Å²) in [5.74, 6) is 0.503. The first kappa shape index (κ1) is 13.6. The molecule has 0 unspecified atom stereocenters. The third kappa shape index (κ3) is 3.20. The largest absolute Gasteiger partial charge is 0.399 e. The molecule has 0 saturated heterocycles. The molecule has 2 N–H and O–H groups in total. The molecule has 1 aromatic heterocycles. The molecule has 106 valence electrons. The van der Waals surface area contributed by atoms with Crippen molar-refractivity contribution in [2.24, 2.45) is 0 Å². The van der Waals surface area contributed by atoms with Crippen LogP contribution in [0.2, 0.25) is 5.02 Å². The Balaban J connectivity index is 1.86. The van der Waals surface area contributed by atoms with Gasteiger partial charge in [-0.3, -0.25) is 0 Å². The van der Waals surface area contributed by atoms with Gasteiger partial charge in [-0.25, -0.2) is 4.39 Å². The van der Waals surface area contributed by atoms with Crippen LogP contribution in [0.25, 0.3) is 11.5 Å². The van der Waals surface area contributed by atoms with Crippen LogP contribution in [0.3, 0.4) is 0 Å². The maximum atomic E-state index is 13.1. The highest BCUT2D eigenvalue weighted by Gasteiger charge is 2.11. The Morgan fingerprint density at radius 1 is 1.19 bits per heavy atom. The van der Waals surface area contributed by atoms with Crippen molar-refractivity contribution >= 4 is 17.3 Å². The third-order valence-electron chi connectivity index (χ3n) is 2.89. The molecule has 3 aromatic rings. The molecule has 0 fully saturated rings. The zero-order valence-corrected chi connectivity index (χ0v) is 11.6. The first-order valence-corrected chi connectivity index (χ1v) is 6.61. The summed E-state index contributed by atoms with van der Waals surface area (Å²) in [7, 11) is 0. The van der Waals surface area contributed by atoms with E-state index >= 15 is 0 Å². The number of hydrogen-bond acceptors (Lipinski definition) is 4. The van der Waals surface area contributed by atoms with Gasteiger partial charge >= 0.3 is 0 Å². The van der Waals surface area contributed by atoms with Gasteiger partial charge in [-0.2, -0.15) is 4.98 Å². The first-order chi connectivity index (χ1) is 10.1. The molecular weight excluding hydrogens is 293 g/mol. The van der Waals surface area contributed by atoms with Crippen LogP contribution >= 0.6 is 11.6 Å². The van der Waals surface area contributed by atoms with Gasteiger partial charge in [-0.15, -0.1) is 0 Å². The fraction of sp³-hybridized carbons (Fsp3) is 0.0667. The second-order valence-electron chi connectivity index (χ2n) is 4.60. The summed E-state index contributed by atoms with van der Waals surface area (Å²) >= 11 is 5.94. The van der Waals surface area contributed by atoms with Crippen molar-refractivity contribution in [3.8, 4) is 11.5 Å². The van der Waals surface area contributed by atoms with Gasteiger partial charge in [0.1, 0.15) is 5.82 Å². The molecule has 4 nitrogen and oxygen atoms in total. The second kappa shape index (κ2) is 5.54. The highest BCUT2D eigenvalue weighted by molar-refractivity contribution is 6.31. The van der Waals surface area contributed by atoms with E-state index < -0.39 is 0 Å². The average Bonchev–Trinajstić information content (AvgIpc) is 2.86. The van der Waals surface area contributed by atoms with E-state index in [4.69, 9.17) is 21.9 Å². The molecule has 2 aromatic carbocycles. The van der Waals surface area contributed by atoms with Crippen molar-refractivity contribution in [2.75, 3.05) is 5.73 Å². The lowest BCUT2D eigenvalue weighted by Gasteiger charge is -1.98. The summed E-state index contributed by atoms with van der Waals surface area (Å²) in [6.45, 7) is 0. The van der Waals surface area contributed by atoms with Gasteiger partial charge in [0.15, 0.2) is 5.82 Å². The summed E-state index contributed by atoms with van der Waals surface area (Å²) in [5.41, 5.74) is 7.67. The maximum Gasteiger partial charge on any atom is 0.258 e. The Bertz CT molecular complexity index is 768. The minimum atomic E-state index is -0.293. The Labute approximate surface area is 125 Å². The maximum absolute atomic E-state index is 13.1. The highest BCUT2D eigenvalue weighted by atomic mass is 35.5. The lowest BCUT2D eigenvalue weighted by molar-refractivity contribution is 0.424. The summed E-state index contributed by atoms with van der Waals surface area (Å²) in [4.78, 5) is 4.27. The predicted molar refractivity (Wildman–Crippen MR) is 78.4 cm³/mol. The van der Waals surface area contributed by atoms with Crippen molar-refractivity contribution in [3.63, 3.8) is 0 Å². The van der Waals surface area contributed by atoms with Crippen molar-refractivity contribution in [3.05, 3.63) is 64.7 Å². The lowest BCUT2D eigenvalue weighted by Crippen LogP contribution is -1.92. The molecule has 0 aliphatic heterocycles. The van der Waals surface area contributed by atoms with E-state index in [2.05, 4.69) is 10.1 Å². The van der Waals surface area contributed by atoms with Crippen molar-refractivity contribution in [1.29, 1.82) is 0 Å². The lowest BCUT2D eigenvalue weighted by atomic mass is 10.1. The molecule has 0 amide bonds. The number of nitrogen functional groups attached to an aromatic ring is 1. The van der Waals surface area contributed by atoms with Gasteiger partial charge in [-0.1, -0.05) is 28.9 Å². The summed E-state index contributed by atoms with van der Waals surface area (Å²) in [6.07, 6.45) is 0.386. The Morgan fingerprint density at radius 3 is 2.81 bits per heavy atom. The van der Waals surface area contributed by atoms with E-state index in [1.807, 2.05) is 0 Å². The van der Waals surface area contributed by atoms with Crippen molar-refractivity contribution in [2.45, 2.75) is 6.42 Å². The van der Waals surface area contributed by atoms with Crippen LogP contribution in [-0.2, 0) is 6.42 Å². The van der Waals surface area contributed by atoms with Gasteiger partial charge in [0.05, 0.1) is 0 Å². The third-order valence-corrected chi connectivity index (χ3v) is 3.10. The minimum absolute atomic E-state index is 0.293. The minimum Gasteiger partial charge on any atom is -0.399 e. The standard InChI is InChI=1S/C15H11ClFN3O/c16-11-6-10(7-13(18)8-11)15-19-14(20-21-15)5-9-2-1-3-12(17)4-9/h1-4,6-8H,5,18H2. The number of anilines is 1. The normalized spacial score (nSPS) is 10.8. The molecule has 0 radical (unpaired) electrons. The molecule has 0 bridgehead atoms. The number of nitrogens with zero attached hydrogens (tertiary/aromatic N) is 2. The van der Waals surface area contributed by atoms with E-state index in [1.165, 1.54) is 12.1 Å². The van der Waals surface area contributed by atoms with Gasteiger partial charge < -0.3 is 10.3 Å². The van der Waals surface area contributed by atoms with Gasteiger partial charge in [0, 0.05) is 22.7 Å². The molecule has 0 aliphatic carbocycles. The molecule has 3 rings (SSSR count).